The van der Waals surface area contributed by atoms with E-state index in [2.05, 4.69) is 15.6 Å². The second kappa shape index (κ2) is 8.24. The molecule has 0 aliphatic carbocycles. The molecule has 1 aliphatic heterocycles. The van der Waals surface area contributed by atoms with E-state index in [1.165, 1.54) is 7.11 Å². The fourth-order valence-corrected chi connectivity index (χ4v) is 2.63. The van der Waals surface area contributed by atoms with Crippen LogP contribution in [0.1, 0.15) is 19.3 Å². The van der Waals surface area contributed by atoms with Gasteiger partial charge in [0.1, 0.15) is 0 Å². The number of anilines is 1. The SMILES string of the molecule is COC(=O)CC1(NCC(=O)Nc2cccnc2Cl)CCOCC1. The molecule has 0 atom stereocenters. The van der Waals surface area contributed by atoms with Crippen molar-refractivity contribution in [2.24, 2.45) is 0 Å². The summed E-state index contributed by atoms with van der Waals surface area (Å²) in [5, 5.41) is 6.11. The zero-order valence-electron chi connectivity index (χ0n) is 12.9. The lowest BCUT2D eigenvalue weighted by Gasteiger charge is -2.37. The maximum Gasteiger partial charge on any atom is 0.307 e. The molecule has 0 aromatic carbocycles. The largest absolute Gasteiger partial charge is 0.469 e. The van der Waals surface area contributed by atoms with E-state index < -0.39 is 5.54 Å². The smallest absolute Gasteiger partial charge is 0.307 e. The molecule has 1 fully saturated rings. The van der Waals surface area contributed by atoms with Crippen LogP contribution in [0.25, 0.3) is 0 Å². The number of hydrogen-bond acceptors (Lipinski definition) is 6. The second-order valence-corrected chi connectivity index (χ2v) is 5.75. The van der Waals surface area contributed by atoms with Crippen molar-refractivity contribution in [3.8, 4) is 0 Å². The number of hydrogen-bond donors (Lipinski definition) is 2. The van der Waals surface area contributed by atoms with Gasteiger partial charge in [-0.25, -0.2) is 4.98 Å². The second-order valence-electron chi connectivity index (χ2n) is 5.39. The number of pyridine rings is 1. The minimum absolute atomic E-state index is 0.0578. The topological polar surface area (TPSA) is 89.5 Å². The van der Waals surface area contributed by atoms with Crippen molar-refractivity contribution >= 4 is 29.2 Å². The Balaban J connectivity index is 1.93. The Labute approximate surface area is 139 Å². The number of rotatable bonds is 6. The van der Waals surface area contributed by atoms with Crippen molar-refractivity contribution in [3.05, 3.63) is 23.5 Å². The normalized spacial score (nSPS) is 16.6. The maximum atomic E-state index is 12.1. The number of carbonyl (C=O) groups is 2. The Morgan fingerprint density at radius 1 is 1.43 bits per heavy atom. The molecule has 1 aliphatic rings. The number of aromatic nitrogens is 1. The standard InChI is InChI=1S/C15H20ClN3O4/c1-22-13(21)9-15(4-7-23-8-5-15)18-10-12(20)19-11-3-2-6-17-14(11)16/h2-3,6,18H,4-5,7-10H2,1H3,(H,19,20). The summed E-state index contributed by atoms with van der Waals surface area (Å²) >= 11 is 5.91. The zero-order chi connectivity index (χ0) is 16.7. The number of methoxy groups -OCH3 is 1. The highest BCUT2D eigenvalue weighted by Crippen LogP contribution is 2.25. The summed E-state index contributed by atoms with van der Waals surface area (Å²) in [7, 11) is 1.35. The first-order valence-electron chi connectivity index (χ1n) is 7.35. The molecule has 2 heterocycles. The van der Waals surface area contributed by atoms with Gasteiger partial charge in [0.25, 0.3) is 0 Å². The van der Waals surface area contributed by atoms with Crippen molar-refractivity contribution in [2.45, 2.75) is 24.8 Å². The van der Waals surface area contributed by atoms with Crippen LogP contribution in [-0.4, -0.2) is 49.3 Å². The number of nitrogens with zero attached hydrogens (tertiary/aromatic N) is 1. The number of carbonyl (C=O) groups excluding carboxylic acids is 2. The molecule has 0 spiro atoms. The van der Waals surface area contributed by atoms with Gasteiger partial charge in [-0.2, -0.15) is 0 Å². The summed E-state index contributed by atoms with van der Waals surface area (Å²) in [6, 6.07) is 3.36. The van der Waals surface area contributed by atoms with E-state index in [9.17, 15) is 9.59 Å². The number of halogens is 1. The van der Waals surface area contributed by atoms with Gasteiger partial charge in [-0.15, -0.1) is 0 Å². The van der Waals surface area contributed by atoms with E-state index in [0.717, 1.165) is 0 Å². The maximum absolute atomic E-state index is 12.1. The van der Waals surface area contributed by atoms with Crippen LogP contribution < -0.4 is 10.6 Å². The van der Waals surface area contributed by atoms with Crippen LogP contribution in [0.4, 0.5) is 5.69 Å². The highest BCUT2D eigenvalue weighted by atomic mass is 35.5. The Morgan fingerprint density at radius 3 is 2.83 bits per heavy atom. The van der Waals surface area contributed by atoms with Crippen LogP contribution in [0.2, 0.25) is 5.15 Å². The third kappa shape index (κ3) is 5.16. The Kier molecular flexibility index (Phi) is 6.32. The average molecular weight is 342 g/mol. The molecule has 0 saturated carbocycles. The summed E-state index contributed by atoms with van der Waals surface area (Å²) in [5.74, 6) is -0.564. The third-order valence-electron chi connectivity index (χ3n) is 3.82. The molecule has 23 heavy (non-hydrogen) atoms. The van der Waals surface area contributed by atoms with Gasteiger partial charge in [0, 0.05) is 24.9 Å². The molecule has 2 rings (SSSR count). The first kappa shape index (κ1) is 17.7. The van der Waals surface area contributed by atoms with E-state index in [-0.39, 0.29) is 30.0 Å². The van der Waals surface area contributed by atoms with Crippen molar-refractivity contribution in [2.75, 3.05) is 32.2 Å². The molecule has 1 aromatic rings. The van der Waals surface area contributed by atoms with Crippen LogP contribution in [0.5, 0.6) is 0 Å². The molecule has 1 saturated heterocycles. The van der Waals surface area contributed by atoms with Gasteiger partial charge in [-0.05, 0) is 25.0 Å². The third-order valence-corrected chi connectivity index (χ3v) is 4.12. The summed E-state index contributed by atoms with van der Waals surface area (Å²) in [6.45, 7) is 1.14. The van der Waals surface area contributed by atoms with Crippen LogP contribution in [0.15, 0.2) is 18.3 Å². The molecule has 0 radical (unpaired) electrons. The molecule has 1 amide bonds. The predicted molar refractivity (Wildman–Crippen MR) is 85.3 cm³/mol. The molecule has 8 heteroatoms. The summed E-state index contributed by atoms with van der Waals surface area (Å²) < 4.78 is 10.1. The van der Waals surface area contributed by atoms with E-state index in [1.54, 1.807) is 18.3 Å². The average Bonchev–Trinajstić information content (AvgIpc) is 2.56. The van der Waals surface area contributed by atoms with E-state index in [1.807, 2.05) is 0 Å². The van der Waals surface area contributed by atoms with Crippen molar-refractivity contribution in [3.63, 3.8) is 0 Å². The molecular formula is C15H20ClN3O4. The van der Waals surface area contributed by atoms with Gasteiger partial charge < -0.3 is 20.1 Å². The van der Waals surface area contributed by atoms with E-state index >= 15 is 0 Å². The van der Waals surface area contributed by atoms with Gasteiger partial charge in [0.05, 0.1) is 25.8 Å². The molecule has 7 nitrogen and oxygen atoms in total. The van der Waals surface area contributed by atoms with Gasteiger partial charge in [0.15, 0.2) is 5.15 Å². The minimum Gasteiger partial charge on any atom is -0.469 e. The van der Waals surface area contributed by atoms with Crippen LogP contribution in [0, 0.1) is 0 Å². The van der Waals surface area contributed by atoms with Crippen LogP contribution >= 0.6 is 11.6 Å². The lowest BCUT2D eigenvalue weighted by molar-refractivity contribution is -0.143. The first-order chi connectivity index (χ1) is 11.0. The lowest BCUT2D eigenvalue weighted by Crippen LogP contribution is -2.53. The summed E-state index contributed by atoms with van der Waals surface area (Å²) in [6.07, 6.45) is 3.03. The number of esters is 1. The number of amides is 1. The van der Waals surface area contributed by atoms with Gasteiger partial charge in [-0.3, -0.25) is 9.59 Å². The molecule has 126 valence electrons. The summed E-state index contributed by atoms with van der Waals surface area (Å²) in [4.78, 5) is 27.6. The number of nitrogens with one attached hydrogen (secondary N) is 2. The highest BCUT2D eigenvalue weighted by Gasteiger charge is 2.35. The highest BCUT2D eigenvalue weighted by molar-refractivity contribution is 6.32. The monoisotopic (exact) mass is 341 g/mol. The predicted octanol–water partition coefficient (Wildman–Crippen LogP) is 1.38. The Hall–Kier alpha value is -1.70. The molecular weight excluding hydrogens is 322 g/mol. The minimum atomic E-state index is -0.485. The van der Waals surface area contributed by atoms with Crippen LogP contribution in [0.3, 0.4) is 0 Å². The quantitative estimate of drug-likeness (QED) is 0.600. The molecule has 0 unspecified atom stereocenters. The van der Waals surface area contributed by atoms with E-state index in [4.69, 9.17) is 21.1 Å². The van der Waals surface area contributed by atoms with Gasteiger partial charge in [-0.1, -0.05) is 11.6 Å². The zero-order valence-corrected chi connectivity index (χ0v) is 13.7. The fourth-order valence-electron chi connectivity index (χ4n) is 2.47. The summed E-state index contributed by atoms with van der Waals surface area (Å²) in [5.41, 5.74) is -0.0310. The van der Waals surface area contributed by atoms with Crippen molar-refractivity contribution in [1.29, 1.82) is 0 Å². The van der Waals surface area contributed by atoms with Gasteiger partial charge in [0.2, 0.25) is 5.91 Å². The Bertz CT molecular complexity index is 561. The van der Waals surface area contributed by atoms with E-state index in [0.29, 0.717) is 31.7 Å². The lowest BCUT2D eigenvalue weighted by atomic mass is 9.86. The van der Waals surface area contributed by atoms with Crippen LogP contribution in [-0.2, 0) is 19.1 Å². The first-order valence-corrected chi connectivity index (χ1v) is 7.72. The van der Waals surface area contributed by atoms with Gasteiger partial charge >= 0.3 is 5.97 Å². The molecule has 2 N–H and O–H groups in total. The van der Waals surface area contributed by atoms with Crippen molar-refractivity contribution < 1.29 is 19.1 Å². The Morgan fingerprint density at radius 2 is 2.17 bits per heavy atom. The molecule has 0 bridgehead atoms. The fraction of sp³-hybridized carbons (Fsp3) is 0.533. The molecule has 1 aromatic heterocycles. The number of ether oxygens (including phenoxy) is 2. The van der Waals surface area contributed by atoms with Crippen molar-refractivity contribution in [1.82, 2.24) is 10.3 Å².